The minimum Gasteiger partial charge on any atom is -0.381 e. The van der Waals surface area contributed by atoms with Gasteiger partial charge in [0.25, 0.3) is 0 Å². The van der Waals surface area contributed by atoms with Crippen molar-refractivity contribution in [2.24, 2.45) is 0 Å². The van der Waals surface area contributed by atoms with E-state index in [9.17, 15) is 0 Å². The van der Waals surface area contributed by atoms with Crippen LogP contribution in [0.5, 0.6) is 0 Å². The Labute approximate surface area is 131 Å². The Hall–Kier alpha value is 0.258. The van der Waals surface area contributed by atoms with Crippen LogP contribution in [0.2, 0.25) is 0 Å². The molecule has 2 aliphatic carbocycles. The maximum atomic E-state index is 4.94. The summed E-state index contributed by atoms with van der Waals surface area (Å²) in [5.41, 5.74) is 0. The van der Waals surface area contributed by atoms with Crippen LogP contribution in [-0.2, 0) is 4.74 Å². The predicted octanol–water partition coefficient (Wildman–Crippen LogP) is 3.41. The summed E-state index contributed by atoms with van der Waals surface area (Å²) < 4.78 is 4.94. The molecule has 0 aromatic heterocycles. The van der Waals surface area contributed by atoms with Gasteiger partial charge < -0.3 is 4.74 Å². The number of ether oxygens (including phenoxy) is 1. The molecule has 0 aromatic rings. The Balaban J connectivity index is 0.000000205. The van der Waals surface area contributed by atoms with Crippen LogP contribution in [-0.4, -0.2) is 13.2 Å². The molecule has 1 saturated heterocycles. The molecule has 3 rings (SSSR count). The average molecular weight is 353 g/mol. The third-order valence-electron chi connectivity index (χ3n) is 2.00. The van der Waals surface area contributed by atoms with E-state index in [1.807, 2.05) is 24.3 Å². The van der Waals surface area contributed by atoms with Crippen LogP contribution in [0.3, 0.4) is 0 Å². The van der Waals surface area contributed by atoms with Gasteiger partial charge in [-0.25, -0.2) is 24.3 Å². The topological polar surface area (TPSA) is 9.23 Å². The second-order valence-electron chi connectivity index (χ2n) is 3.33. The number of hydrogen-bond acceptors (Lipinski definition) is 1. The summed E-state index contributed by atoms with van der Waals surface area (Å²) in [6, 6.07) is 0. The fourth-order valence-corrected chi connectivity index (χ4v) is 1.19. The molecule has 0 radical (unpaired) electrons. The van der Waals surface area contributed by atoms with E-state index < -0.39 is 0 Å². The zero-order chi connectivity index (χ0) is 10.6. The molecule has 0 spiro atoms. The first kappa shape index (κ1) is 16.3. The van der Waals surface area contributed by atoms with Crippen LogP contribution in [0.15, 0.2) is 36.5 Å². The SMILES string of the molecule is C1CCOC1.[C-]1=CC=CC1.[C-]1=CC=CC1.[Sm]. The zero-order valence-electron chi connectivity index (χ0n) is 9.52. The molecule has 1 fully saturated rings. The Morgan fingerprint density at radius 2 is 1.31 bits per heavy atom. The second kappa shape index (κ2) is 13.3. The quantitative estimate of drug-likeness (QED) is 0.607. The van der Waals surface area contributed by atoms with Crippen molar-refractivity contribution < 1.29 is 45.1 Å². The van der Waals surface area contributed by atoms with Gasteiger partial charge in [-0.1, -0.05) is 0 Å². The molecule has 0 aromatic carbocycles. The molecule has 88 valence electrons. The van der Waals surface area contributed by atoms with Crippen LogP contribution in [0.25, 0.3) is 0 Å². The molecule has 0 saturated carbocycles. The summed E-state index contributed by atoms with van der Waals surface area (Å²) in [7, 11) is 0. The van der Waals surface area contributed by atoms with Crippen molar-refractivity contribution in [2.45, 2.75) is 25.7 Å². The summed E-state index contributed by atoms with van der Waals surface area (Å²) in [4.78, 5) is 0. The molecule has 1 heterocycles. The molecular formula is C14H18OSm-2. The van der Waals surface area contributed by atoms with Gasteiger partial charge in [0, 0.05) is 53.6 Å². The maximum Gasteiger partial charge on any atom is 0.0466 e. The molecule has 0 amide bonds. The van der Waals surface area contributed by atoms with E-state index in [1.54, 1.807) is 0 Å². The summed E-state index contributed by atoms with van der Waals surface area (Å²) in [5, 5.41) is 0. The van der Waals surface area contributed by atoms with Crippen molar-refractivity contribution in [3.05, 3.63) is 48.6 Å². The molecule has 1 aliphatic heterocycles. The monoisotopic (exact) mass is 354 g/mol. The van der Waals surface area contributed by atoms with Gasteiger partial charge in [0.2, 0.25) is 0 Å². The molecule has 0 unspecified atom stereocenters. The largest absolute Gasteiger partial charge is 0.381 e. The Morgan fingerprint density at radius 3 is 1.44 bits per heavy atom. The summed E-state index contributed by atoms with van der Waals surface area (Å²) in [5.74, 6) is 0. The predicted molar refractivity (Wildman–Crippen MR) is 63.2 cm³/mol. The zero-order valence-corrected chi connectivity index (χ0v) is 12.1. The molecule has 3 aliphatic rings. The third kappa shape index (κ3) is 10.8. The summed E-state index contributed by atoms with van der Waals surface area (Å²) >= 11 is 0. The summed E-state index contributed by atoms with van der Waals surface area (Å²) in [6.45, 7) is 2.00. The Morgan fingerprint density at radius 1 is 0.812 bits per heavy atom. The van der Waals surface area contributed by atoms with Gasteiger partial charge in [-0.15, -0.1) is 12.8 Å². The van der Waals surface area contributed by atoms with Gasteiger partial charge >= 0.3 is 0 Å². The first-order chi connectivity index (χ1) is 7.50. The molecule has 2 heteroatoms. The van der Waals surface area contributed by atoms with Crippen molar-refractivity contribution >= 4 is 0 Å². The minimum absolute atomic E-state index is 0. The van der Waals surface area contributed by atoms with Crippen LogP contribution in [0.4, 0.5) is 0 Å². The minimum atomic E-state index is 0. The van der Waals surface area contributed by atoms with Crippen LogP contribution in [0, 0.1) is 52.5 Å². The average Bonchev–Trinajstić information content (AvgIpc) is 3.09. The fourth-order valence-electron chi connectivity index (χ4n) is 1.19. The third-order valence-corrected chi connectivity index (χ3v) is 2.00. The van der Waals surface area contributed by atoms with Crippen molar-refractivity contribution in [2.75, 3.05) is 13.2 Å². The van der Waals surface area contributed by atoms with E-state index in [4.69, 9.17) is 4.74 Å². The van der Waals surface area contributed by atoms with Crippen LogP contribution in [0.1, 0.15) is 25.7 Å². The van der Waals surface area contributed by atoms with E-state index in [1.165, 1.54) is 12.8 Å². The molecule has 0 N–H and O–H groups in total. The van der Waals surface area contributed by atoms with Crippen molar-refractivity contribution in [1.82, 2.24) is 0 Å². The van der Waals surface area contributed by atoms with Gasteiger partial charge in [-0.2, -0.15) is 12.2 Å². The Kier molecular flexibility index (Phi) is 13.5. The van der Waals surface area contributed by atoms with Gasteiger partial charge in [0.15, 0.2) is 0 Å². The standard InChI is InChI=1S/2C5H5.C4H8O.Sm/c3*1-2-4-5-3-1;/h2*1-3H,4H2;1-4H2;/q2*-1;;. The molecular weight excluding hydrogens is 335 g/mol. The van der Waals surface area contributed by atoms with Crippen molar-refractivity contribution in [1.29, 1.82) is 0 Å². The Bertz CT molecular complexity index is 198. The number of allylic oxidation sites excluding steroid dienone is 8. The normalized spacial score (nSPS) is 18.5. The maximum absolute atomic E-state index is 4.94. The second-order valence-corrected chi connectivity index (χ2v) is 3.33. The van der Waals surface area contributed by atoms with Crippen molar-refractivity contribution in [3.8, 4) is 0 Å². The molecule has 0 atom stereocenters. The summed E-state index contributed by atoms with van der Waals surface area (Å²) in [6.07, 6.45) is 22.6. The van der Waals surface area contributed by atoms with Gasteiger partial charge in [-0.05, 0) is 12.8 Å². The van der Waals surface area contributed by atoms with Gasteiger partial charge in [0.1, 0.15) is 0 Å². The van der Waals surface area contributed by atoms with E-state index in [2.05, 4.69) is 24.3 Å². The van der Waals surface area contributed by atoms with Gasteiger partial charge in [0.05, 0.1) is 0 Å². The van der Waals surface area contributed by atoms with Crippen LogP contribution < -0.4 is 0 Å². The van der Waals surface area contributed by atoms with E-state index in [0.29, 0.717) is 0 Å². The first-order valence-corrected chi connectivity index (χ1v) is 5.51. The number of rotatable bonds is 0. The smallest absolute Gasteiger partial charge is 0.0466 e. The van der Waals surface area contributed by atoms with E-state index in [-0.39, 0.29) is 40.4 Å². The van der Waals surface area contributed by atoms with E-state index >= 15 is 0 Å². The molecule has 0 bridgehead atoms. The number of hydrogen-bond donors (Lipinski definition) is 0. The van der Waals surface area contributed by atoms with Crippen molar-refractivity contribution in [3.63, 3.8) is 0 Å². The van der Waals surface area contributed by atoms with Crippen LogP contribution >= 0.6 is 0 Å². The fraction of sp³-hybridized carbons (Fsp3) is 0.429. The molecule has 16 heavy (non-hydrogen) atoms. The van der Waals surface area contributed by atoms with Gasteiger partial charge in [-0.3, -0.25) is 12.2 Å². The first-order valence-electron chi connectivity index (χ1n) is 5.51. The molecule has 1 nitrogen and oxygen atoms in total. The van der Waals surface area contributed by atoms with E-state index in [0.717, 1.165) is 26.1 Å².